The van der Waals surface area contributed by atoms with E-state index in [1.807, 2.05) is 13.8 Å². The van der Waals surface area contributed by atoms with Gasteiger partial charge in [0.2, 0.25) is 0 Å². The molecule has 0 rings (SSSR count). The standard InChI is InChI=1S/C15H30NO6/c1-4-18-11-13-20-9-7-16(15(17)22-6-3)8-10-21-14-12-19-5-2/h3-14H2,1-2H3. The quantitative estimate of drug-likeness (QED) is 0.425. The molecule has 0 saturated heterocycles. The SMILES string of the molecule is [CH2]COC(=O)N(CCOCCOCC)CCOCCOCC. The Hall–Kier alpha value is -0.890. The Balaban J connectivity index is 3.82. The molecule has 0 aliphatic rings. The van der Waals surface area contributed by atoms with Crippen molar-refractivity contribution in [3.8, 4) is 0 Å². The van der Waals surface area contributed by atoms with Gasteiger partial charge in [0, 0.05) is 26.3 Å². The van der Waals surface area contributed by atoms with Gasteiger partial charge in [0.05, 0.1) is 46.2 Å². The summed E-state index contributed by atoms with van der Waals surface area (Å²) in [6.07, 6.45) is -0.406. The largest absolute Gasteiger partial charge is 0.449 e. The molecule has 0 aromatic rings. The molecule has 1 amide bonds. The third-order valence-corrected chi connectivity index (χ3v) is 2.65. The van der Waals surface area contributed by atoms with Crippen molar-refractivity contribution in [2.45, 2.75) is 13.8 Å². The maximum Gasteiger partial charge on any atom is 0.409 e. The number of carbonyl (C=O) groups excluding carboxylic acids is 1. The third kappa shape index (κ3) is 12.8. The zero-order chi connectivity index (χ0) is 16.5. The van der Waals surface area contributed by atoms with Gasteiger partial charge in [-0.1, -0.05) is 0 Å². The summed E-state index contributed by atoms with van der Waals surface area (Å²) in [6, 6.07) is 0. The van der Waals surface area contributed by atoms with Crippen molar-refractivity contribution in [1.29, 1.82) is 0 Å². The smallest absolute Gasteiger partial charge is 0.409 e. The molecule has 0 spiro atoms. The molecule has 0 heterocycles. The van der Waals surface area contributed by atoms with Gasteiger partial charge in [-0.3, -0.25) is 0 Å². The molecule has 0 saturated carbocycles. The van der Waals surface area contributed by atoms with Gasteiger partial charge < -0.3 is 28.6 Å². The van der Waals surface area contributed by atoms with E-state index in [1.54, 1.807) is 4.90 Å². The summed E-state index contributed by atoms with van der Waals surface area (Å²) < 4.78 is 26.1. The Morgan fingerprint density at radius 1 is 0.818 bits per heavy atom. The second-order valence-corrected chi connectivity index (χ2v) is 4.22. The second kappa shape index (κ2) is 16.5. The third-order valence-electron chi connectivity index (χ3n) is 2.65. The van der Waals surface area contributed by atoms with Gasteiger partial charge in [0.25, 0.3) is 0 Å². The van der Waals surface area contributed by atoms with E-state index < -0.39 is 6.09 Å². The molecular formula is C15H30NO6. The molecule has 22 heavy (non-hydrogen) atoms. The second-order valence-electron chi connectivity index (χ2n) is 4.22. The van der Waals surface area contributed by atoms with Gasteiger partial charge in [-0.15, -0.1) is 0 Å². The van der Waals surface area contributed by atoms with E-state index in [0.29, 0.717) is 65.9 Å². The summed E-state index contributed by atoms with van der Waals surface area (Å²) >= 11 is 0. The van der Waals surface area contributed by atoms with Crippen LogP contribution in [0.3, 0.4) is 0 Å². The van der Waals surface area contributed by atoms with Crippen molar-refractivity contribution in [2.24, 2.45) is 0 Å². The number of hydrogen-bond donors (Lipinski definition) is 0. The number of hydrogen-bond acceptors (Lipinski definition) is 6. The molecule has 0 aliphatic carbocycles. The fourth-order valence-electron chi connectivity index (χ4n) is 1.55. The van der Waals surface area contributed by atoms with Gasteiger partial charge in [0.15, 0.2) is 0 Å². The summed E-state index contributed by atoms with van der Waals surface area (Å²) in [5, 5.41) is 0. The number of ether oxygens (including phenoxy) is 5. The molecule has 0 fully saturated rings. The van der Waals surface area contributed by atoms with Crippen LogP contribution < -0.4 is 0 Å². The predicted octanol–water partition coefficient (Wildman–Crippen LogP) is 1.37. The zero-order valence-electron chi connectivity index (χ0n) is 13.9. The molecule has 0 N–H and O–H groups in total. The van der Waals surface area contributed by atoms with Crippen molar-refractivity contribution < 1.29 is 28.5 Å². The molecule has 7 nitrogen and oxygen atoms in total. The number of carbonyl (C=O) groups is 1. The fourth-order valence-corrected chi connectivity index (χ4v) is 1.55. The van der Waals surface area contributed by atoms with Crippen LogP contribution in [0.4, 0.5) is 4.79 Å². The summed E-state index contributed by atoms with van der Waals surface area (Å²) in [5.74, 6) is 0. The van der Waals surface area contributed by atoms with E-state index in [-0.39, 0.29) is 6.61 Å². The van der Waals surface area contributed by atoms with Crippen molar-refractivity contribution >= 4 is 6.09 Å². The maximum absolute atomic E-state index is 11.8. The minimum absolute atomic E-state index is 0.103. The monoisotopic (exact) mass is 320 g/mol. The van der Waals surface area contributed by atoms with Crippen LogP contribution in [0.1, 0.15) is 13.8 Å². The van der Waals surface area contributed by atoms with Crippen LogP contribution in [-0.4, -0.2) is 83.5 Å². The zero-order valence-corrected chi connectivity index (χ0v) is 13.9. The summed E-state index contributed by atoms with van der Waals surface area (Å²) in [5.41, 5.74) is 0. The first-order valence-electron chi connectivity index (χ1n) is 7.78. The van der Waals surface area contributed by atoms with Gasteiger partial charge in [-0.25, -0.2) is 4.79 Å². The molecule has 7 heteroatoms. The molecule has 0 atom stereocenters. The Kier molecular flexibility index (Phi) is 15.8. The predicted molar refractivity (Wildman–Crippen MR) is 82.9 cm³/mol. The summed E-state index contributed by atoms with van der Waals surface area (Å²) in [4.78, 5) is 13.3. The number of nitrogens with zero attached hydrogens (tertiary/aromatic N) is 1. The van der Waals surface area contributed by atoms with Crippen molar-refractivity contribution in [2.75, 3.05) is 72.6 Å². The molecule has 0 aromatic heterocycles. The lowest BCUT2D eigenvalue weighted by atomic mass is 10.5. The topological polar surface area (TPSA) is 66.5 Å². The first kappa shape index (κ1) is 21.1. The lowest BCUT2D eigenvalue weighted by Gasteiger charge is -2.21. The summed E-state index contributed by atoms with van der Waals surface area (Å²) in [6.45, 7) is 12.7. The van der Waals surface area contributed by atoms with Gasteiger partial charge in [0.1, 0.15) is 0 Å². The van der Waals surface area contributed by atoms with E-state index in [9.17, 15) is 4.79 Å². The van der Waals surface area contributed by atoms with Crippen molar-refractivity contribution in [1.82, 2.24) is 4.90 Å². The molecule has 1 radical (unpaired) electrons. The highest BCUT2D eigenvalue weighted by molar-refractivity contribution is 5.67. The minimum atomic E-state index is -0.406. The maximum atomic E-state index is 11.8. The van der Waals surface area contributed by atoms with Crippen LogP contribution in [0.5, 0.6) is 0 Å². The highest BCUT2D eigenvalue weighted by atomic mass is 16.6. The van der Waals surface area contributed by atoms with E-state index in [0.717, 1.165) is 0 Å². The van der Waals surface area contributed by atoms with Crippen LogP contribution >= 0.6 is 0 Å². The molecule has 131 valence electrons. The van der Waals surface area contributed by atoms with E-state index >= 15 is 0 Å². The average Bonchev–Trinajstić information content (AvgIpc) is 2.52. The number of rotatable bonds is 15. The van der Waals surface area contributed by atoms with Gasteiger partial charge in [-0.05, 0) is 20.8 Å². The highest BCUT2D eigenvalue weighted by Gasteiger charge is 2.13. The normalized spacial score (nSPS) is 10.7. The van der Waals surface area contributed by atoms with Crippen LogP contribution in [-0.2, 0) is 23.7 Å². The van der Waals surface area contributed by atoms with E-state index in [2.05, 4.69) is 6.92 Å². The molecule has 0 bridgehead atoms. The Bertz CT molecular complexity index is 236. The van der Waals surface area contributed by atoms with Gasteiger partial charge >= 0.3 is 6.09 Å². The molecule has 0 aliphatic heterocycles. The lowest BCUT2D eigenvalue weighted by molar-refractivity contribution is 0.0246. The van der Waals surface area contributed by atoms with E-state index in [4.69, 9.17) is 23.7 Å². The molecule has 0 aromatic carbocycles. The fraction of sp³-hybridized carbons (Fsp3) is 0.867. The van der Waals surface area contributed by atoms with Gasteiger partial charge in [-0.2, -0.15) is 0 Å². The van der Waals surface area contributed by atoms with E-state index in [1.165, 1.54) is 0 Å². The van der Waals surface area contributed by atoms with Crippen LogP contribution in [0.25, 0.3) is 0 Å². The average molecular weight is 320 g/mol. The van der Waals surface area contributed by atoms with Crippen LogP contribution in [0.15, 0.2) is 0 Å². The number of amides is 1. The van der Waals surface area contributed by atoms with Crippen LogP contribution in [0, 0.1) is 6.92 Å². The minimum Gasteiger partial charge on any atom is -0.449 e. The molecule has 0 unspecified atom stereocenters. The Morgan fingerprint density at radius 3 is 1.68 bits per heavy atom. The molecular weight excluding hydrogens is 290 g/mol. The Labute approximate surface area is 133 Å². The van der Waals surface area contributed by atoms with Crippen LogP contribution in [0.2, 0.25) is 0 Å². The van der Waals surface area contributed by atoms with Crippen molar-refractivity contribution in [3.63, 3.8) is 0 Å². The Morgan fingerprint density at radius 2 is 1.27 bits per heavy atom. The summed E-state index contributed by atoms with van der Waals surface area (Å²) in [7, 11) is 0. The highest BCUT2D eigenvalue weighted by Crippen LogP contribution is 1.96. The first-order valence-corrected chi connectivity index (χ1v) is 7.78. The van der Waals surface area contributed by atoms with Crippen molar-refractivity contribution in [3.05, 3.63) is 6.92 Å². The first-order chi connectivity index (χ1) is 10.8. The lowest BCUT2D eigenvalue weighted by Crippen LogP contribution is -2.37.